The van der Waals surface area contributed by atoms with Crippen molar-refractivity contribution in [1.29, 1.82) is 0 Å². The molecule has 3 heterocycles. The Balaban J connectivity index is 0.000000184. The van der Waals surface area contributed by atoms with Gasteiger partial charge in [-0.05, 0) is 188 Å². The quantitative estimate of drug-likeness (QED) is 0.0197. The van der Waals surface area contributed by atoms with E-state index < -0.39 is 0 Å². The average Bonchev–Trinajstić information content (AvgIpc) is 1.61. The van der Waals surface area contributed by atoms with Crippen LogP contribution >= 0.6 is 46.4 Å². The fraction of sp³-hybridized carbons (Fsp3) is 0.404. The van der Waals surface area contributed by atoms with E-state index in [0.717, 1.165) is 79.7 Å². The summed E-state index contributed by atoms with van der Waals surface area (Å²) < 4.78 is 0. The Morgan fingerprint density at radius 2 is 0.802 bits per heavy atom. The second-order valence-electron chi connectivity index (χ2n) is 31.2. The zero-order chi connectivity index (χ0) is 82.5. The van der Waals surface area contributed by atoms with Gasteiger partial charge in [0.1, 0.15) is 0 Å². The summed E-state index contributed by atoms with van der Waals surface area (Å²) >= 11 is 24.3. The highest BCUT2D eigenvalue weighted by molar-refractivity contribution is 6.42. The highest BCUT2D eigenvalue weighted by Crippen LogP contribution is 2.29. The normalized spacial score (nSPS) is 18.7. The van der Waals surface area contributed by atoms with Gasteiger partial charge < -0.3 is 62.6 Å². The summed E-state index contributed by atoms with van der Waals surface area (Å²) in [7, 11) is 2.09. The van der Waals surface area contributed by atoms with Gasteiger partial charge in [-0.3, -0.25) is 28.8 Å². The average molecular weight is 1650 g/mol. The Morgan fingerprint density at radius 3 is 1.18 bits per heavy atom. The third kappa shape index (κ3) is 26.9. The Morgan fingerprint density at radius 1 is 0.448 bits per heavy atom. The third-order valence-corrected chi connectivity index (χ3v) is 23.6. The van der Waals surface area contributed by atoms with Crippen LogP contribution in [0, 0.1) is 0 Å². The van der Waals surface area contributed by atoms with Crippen molar-refractivity contribution in [1.82, 2.24) is 56.8 Å². The van der Waals surface area contributed by atoms with E-state index >= 15 is 0 Å². The van der Waals surface area contributed by atoms with Gasteiger partial charge in [-0.25, -0.2) is 0 Å². The van der Waals surface area contributed by atoms with Crippen molar-refractivity contribution in [2.24, 2.45) is 5.73 Å². The van der Waals surface area contributed by atoms with Crippen LogP contribution < -0.4 is 43.0 Å². The predicted octanol–water partition coefficient (Wildman–Crippen LogP) is 15.7. The van der Waals surface area contributed by atoms with Gasteiger partial charge in [-0.1, -0.05) is 227 Å². The van der Waals surface area contributed by atoms with Crippen LogP contribution in [0.1, 0.15) is 163 Å². The molecule has 616 valence electrons. The summed E-state index contributed by atoms with van der Waals surface area (Å²) in [4.78, 5) is 88.0. The first-order chi connectivity index (χ1) is 56.1. The number of rotatable bonds is 32. The molecule has 22 heteroatoms. The van der Waals surface area contributed by atoms with E-state index in [1.54, 1.807) is 18.2 Å². The van der Waals surface area contributed by atoms with Crippen molar-refractivity contribution >= 4 is 103 Å². The molecule has 18 nitrogen and oxygen atoms in total. The molecule has 6 amide bonds. The minimum absolute atomic E-state index is 0.00279. The molecule has 0 spiro atoms. The standard InChI is InChI=1S/C33H40Cl2N4O2.C32H41ClN4O2.C29H35ClN4O2/c1-3-25(26-12-8-5-9-13-26)23-39-19-16-28(21-36-32(40)27-14-15-29(34)30(35)20-27)37-31(33(39)41)17-18-38(2)22-24-10-6-4-7-11-24;1-4-23(24-8-6-5-7-9-24)21-37-17-15-29(36-30(32(37)39)14-16-34-22(2)3)20-35-31(38)27-11-10-26-19-28(33)13-12-25(26)18-27;1-2-20(21-6-4-3-5-7-21)19-34-15-13-26(33-27(12-14-31)29(34)36)18-32-28(35)24-9-8-23-17-25(30)11-10-22(23)16-24/h4-15,20,25,28,31,37H,3,16-19,21-23H2,1-2H3,(H,36,40);5-13,18-19,22-23,29-30,34,36H,4,14-17,20-21H2,1-3H3,(H,35,38);3-11,16-17,20,26-27,33H,2,12-15,18-19,31H2,1H3,(H,32,35)/t25-,28+,31+;23-,29+,30+;20-,26+,27+/m111/s1. The number of nitrogens with two attached hydrogens (primary N) is 1. The van der Waals surface area contributed by atoms with Gasteiger partial charge in [0, 0.05) is 141 Å². The van der Waals surface area contributed by atoms with Crippen molar-refractivity contribution in [2.75, 3.05) is 85.6 Å². The van der Waals surface area contributed by atoms with E-state index in [2.05, 4.69) is 157 Å². The van der Waals surface area contributed by atoms with Crippen molar-refractivity contribution in [3.8, 4) is 0 Å². The lowest BCUT2D eigenvalue weighted by atomic mass is 9.95. The summed E-state index contributed by atoms with van der Waals surface area (Å²) in [5.41, 5.74) is 12.5. The zero-order valence-corrected chi connectivity index (χ0v) is 70.9. The van der Waals surface area contributed by atoms with Gasteiger partial charge in [0.25, 0.3) is 17.7 Å². The fourth-order valence-electron chi connectivity index (χ4n) is 15.6. The lowest BCUT2D eigenvalue weighted by Gasteiger charge is -2.29. The topological polar surface area (TPSA) is 226 Å². The second-order valence-corrected chi connectivity index (χ2v) is 32.9. The smallest absolute Gasteiger partial charge is 0.251 e. The SMILES string of the molecule is CC[C@H](CN1CC[C@@H](CNC(=O)c2ccc(Cl)c(Cl)c2)N[C@@H](CCN(C)Cc2ccccc2)C1=O)c1ccccc1.CC[C@H](CN1CC[C@@H](CNC(=O)c2ccc3cc(Cl)ccc3c2)N[C@@H](CCN)C1=O)c1ccccc1.CC[C@H](CN1CC[C@@H](CNC(=O)c2ccc3cc(Cl)ccc3c2)N[C@@H](CCNC(C)C)C1=O)c1ccccc1. The lowest BCUT2D eigenvalue weighted by Crippen LogP contribution is -2.50. The molecule has 3 fully saturated rings. The molecule has 0 radical (unpaired) electrons. The molecule has 116 heavy (non-hydrogen) atoms. The van der Waals surface area contributed by atoms with Crippen molar-refractivity contribution in [2.45, 2.75) is 159 Å². The maximum Gasteiger partial charge on any atom is 0.251 e. The van der Waals surface area contributed by atoms with Crippen molar-refractivity contribution < 1.29 is 28.8 Å². The summed E-state index contributed by atoms with van der Waals surface area (Å²) in [5, 5.41) is 29.3. The van der Waals surface area contributed by atoms with Crippen LogP contribution in [-0.2, 0) is 20.9 Å². The summed E-state index contributed by atoms with van der Waals surface area (Å²) in [6, 6.07) is 68.3. The summed E-state index contributed by atoms with van der Waals surface area (Å²) in [5.74, 6) is 0.760. The van der Waals surface area contributed by atoms with Crippen molar-refractivity contribution in [3.05, 3.63) is 271 Å². The fourth-order valence-corrected chi connectivity index (χ4v) is 16.2. The molecule has 0 unspecified atom stereocenters. The number of carbonyl (C=O) groups is 6. The van der Waals surface area contributed by atoms with Gasteiger partial charge >= 0.3 is 0 Å². The number of nitrogens with zero attached hydrogens (tertiary/aromatic N) is 4. The van der Waals surface area contributed by atoms with E-state index in [4.69, 9.17) is 52.1 Å². The first-order valence-electron chi connectivity index (χ1n) is 41.3. The molecule has 9 aromatic rings. The van der Waals surface area contributed by atoms with Gasteiger partial charge in [0.05, 0.1) is 28.2 Å². The molecule has 9 atom stereocenters. The summed E-state index contributed by atoms with van der Waals surface area (Å²) in [6.07, 6.45) is 7.11. The molecule has 9 aromatic carbocycles. The molecule has 0 aromatic heterocycles. The van der Waals surface area contributed by atoms with Gasteiger partial charge in [0.15, 0.2) is 0 Å². The minimum atomic E-state index is -0.349. The van der Waals surface area contributed by atoms with E-state index in [1.807, 2.05) is 136 Å². The lowest BCUT2D eigenvalue weighted by molar-refractivity contribution is -0.134. The Hall–Kier alpha value is -8.76. The Labute approximate surface area is 706 Å². The Kier molecular flexibility index (Phi) is 35.4. The third-order valence-electron chi connectivity index (χ3n) is 22.4. The molecule has 0 aliphatic carbocycles. The number of benzene rings is 9. The largest absolute Gasteiger partial charge is 0.350 e. The number of amides is 6. The van der Waals surface area contributed by atoms with Crippen molar-refractivity contribution in [3.63, 3.8) is 0 Å². The molecule has 0 bridgehead atoms. The number of carbonyl (C=O) groups excluding carboxylic acids is 6. The second kappa shape index (κ2) is 45.8. The number of halogens is 4. The number of hydrogen-bond donors (Lipinski definition) is 8. The molecule has 3 saturated heterocycles. The predicted molar refractivity (Wildman–Crippen MR) is 474 cm³/mol. The molecule has 12 rings (SSSR count). The molecule has 3 aliphatic rings. The molecule has 0 saturated carbocycles. The first kappa shape index (κ1) is 89.6. The minimum Gasteiger partial charge on any atom is -0.350 e. The van der Waals surface area contributed by atoms with Crippen LogP contribution in [0.3, 0.4) is 0 Å². The van der Waals surface area contributed by atoms with E-state index in [1.165, 1.54) is 22.3 Å². The highest BCUT2D eigenvalue weighted by atomic mass is 35.5. The van der Waals surface area contributed by atoms with Gasteiger partial charge in [-0.2, -0.15) is 0 Å². The van der Waals surface area contributed by atoms with E-state index in [-0.39, 0.29) is 83.5 Å². The molecule has 9 N–H and O–H groups in total. The van der Waals surface area contributed by atoms with E-state index in [9.17, 15) is 28.8 Å². The van der Waals surface area contributed by atoms with E-state index in [0.29, 0.717) is 133 Å². The molecular formula is C94H116Cl4N12O6. The molecular weight excluding hydrogens is 1530 g/mol. The van der Waals surface area contributed by atoms with Gasteiger partial charge in [-0.15, -0.1) is 0 Å². The number of nitrogens with one attached hydrogen (secondary N) is 7. The van der Waals surface area contributed by atoms with Crippen LogP contribution in [0.25, 0.3) is 21.5 Å². The van der Waals surface area contributed by atoms with Crippen LogP contribution in [0.4, 0.5) is 0 Å². The van der Waals surface area contributed by atoms with Crippen LogP contribution in [0.2, 0.25) is 20.1 Å². The van der Waals surface area contributed by atoms with Gasteiger partial charge in [0.2, 0.25) is 17.7 Å². The van der Waals surface area contributed by atoms with Crippen LogP contribution in [-0.4, -0.2) is 183 Å². The maximum absolute atomic E-state index is 13.9. The van der Waals surface area contributed by atoms with Crippen LogP contribution in [0.15, 0.2) is 212 Å². The maximum atomic E-state index is 13.9. The zero-order valence-electron chi connectivity index (χ0n) is 67.9. The number of hydrogen-bond acceptors (Lipinski definition) is 12. The number of fused-ring (bicyclic) bond motifs is 2. The monoisotopic (exact) mass is 1650 g/mol. The summed E-state index contributed by atoms with van der Waals surface area (Å²) in [6.45, 7) is 18.8. The molecule has 3 aliphatic heterocycles. The first-order valence-corrected chi connectivity index (χ1v) is 42.8. The highest BCUT2D eigenvalue weighted by Gasteiger charge is 2.36. The van der Waals surface area contributed by atoms with Crippen LogP contribution in [0.5, 0.6) is 0 Å². The Bertz CT molecular complexity index is 4630.